The molecule has 1 saturated heterocycles. The highest BCUT2D eigenvalue weighted by atomic mass is 16.3. The molecular weight excluding hydrogens is 492 g/mol. The maximum absolute atomic E-state index is 14.0. The van der Waals surface area contributed by atoms with Gasteiger partial charge in [-0.25, -0.2) is 9.97 Å². The number of anilines is 1. The molecule has 0 aliphatic carbocycles. The monoisotopic (exact) mass is 526 g/mol. The van der Waals surface area contributed by atoms with Gasteiger partial charge < -0.3 is 24.8 Å². The summed E-state index contributed by atoms with van der Waals surface area (Å²) in [4.78, 5) is 39.2. The second-order valence-corrected chi connectivity index (χ2v) is 10.7. The van der Waals surface area contributed by atoms with E-state index in [1.807, 2.05) is 49.2 Å². The number of aliphatic hydroxyl groups is 1. The summed E-state index contributed by atoms with van der Waals surface area (Å²) in [5.74, 6) is 0.295. The summed E-state index contributed by atoms with van der Waals surface area (Å²) in [6, 6.07) is 16.3. The first kappa shape index (κ1) is 26.4. The highest BCUT2D eigenvalue weighted by Gasteiger charge is 2.29. The van der Waals surface area contributed by atoms with Gasteiger partial charge in [-0.1, -0.05) is 42.0 Å². The Morgan fingerprint density at radius 2 is 1.72 bits per heavy atom. The molecule has 0 saturated carbocycles. The zero-order chi connectivity index (χ0) is 27.7. The van der Waals surface area contributed by atoms with Crippen LogP contribution in [0.1, 0.15) is 40.3 Å². The van der Waals surface area contributed by atoms with Gasteiger partial charge in [0, 0.05) is 44.1 Å². The molecule has 39 heavy (non-hydrogen) atoms. The summed E-state index contributed by atoms with van der Waals surface area (Å²) in [7, 11) is 2.02. The van der Waals surface area contributed by atoms with Crippen molar-refractivity contribution in [3.8, 4) is 11.3 Å². The molecule has 0 spiro atoms. The van der Waals surface area contributed by atoms with E-state index in [0.717, 1.165) is 33.3 Å². The fourth-order valence-electron chi connectivity index (χ4n) is 5.02. The predicted octanol–water partition coefficient (Wildman–Crippen LogP) is 3.41. The van der Waals surface area contributed by atoms with Crippen LogP contribution in [0.5, 0.6) is 0 Å². The number of aryl methyl sites for hydroxylation is 2. The molecule has 1 fully saturated rings. The van der Waals surface area contributed by atoms with Crippen LogP contribution in [0.4, 0.5) is 5.82 Å². The van der Waals surface area contributed by atoms with Crippen LogP contribution in [0.3, 0.4) is 0 Å². The molecule has 3 heterocycles. The molecule has 2 aromatic heterocycles. The van der Waals surface area contributed by atoms with Crippen molar-refractivity contribution >= 4 is 28.5 Å². The topological polar surface area (TPSA) is 104 Å². The molecule has 1 aliphatic rings. The predicted molar refractivity (Wildman–Crippen MR) is 152 cm³/mol. The van der Waals surface area contributed by atoms with Crippen molar-refractivity contribution in [2.75, 3.05) is 37.7 Å². The third-order valence-corrected chi connectivity index (χ3v) is 7.22. The smallest absolute Gasteiger partial charge is 0.271 e. The van der Waals surface area contributed by atoms with Crippen LogP contribution in [0.25, 0.3) is 22.2 Å². The Labute approximate surface area is 228 Å². The molecule has 2 N–H and O–H groups in total. The fourth-order valence-corrected chi connectivity index (χ4v) is 5.02. The Hall–Kier alpha value is -4.24. The van der Waals surface area contributed by atoms with Gasteiger partial charge in [0.2, 0.25) is 0 Å². The summed E-state index contributed by atoms with van der Waals surface area (Å²) in [6.07, 6.45) is 3.03. The van der Waals surface area contributed by atoms with E-state index in [-0.39, 0.29) is 24.1 Å². The summed E-state index contributed by atoms with van der Waals surface area (Å²) in [6.45, 7) is 7.63. The minimum Gasteiger partial charge on any atom is -0.394 e. The van der Waals surface area contributed by atoms with Gasteiger partial charge in [0.15, 0.2) is 0 Å². The number of nitrogens with zero attached hydrogens (tertiary/aromatic N) is 5. The molecule has 202 valence electrons. The molecule has 0 radical (unpaired) electrons. The Morgan fingerprint density at radius 3 is 2.36 bits per heavy atom. The molecule has 2 aromatic carbocycles. The van der Waals surface area contributed by atoms with Crippen LogP contribution >= 0.6 is 0 Å². The average Bonchev–Trinajstić information content (AvgIpc) is 3.24. The van der Waals surface area contributed by atoms with E-state index in [2.05, 4.69) is 43.0 Å². The summed E-state index contributed by atoms with van der Waals surface area (Å²) in [5, 5.41) is 13.1. The van der Waals surface area contributed by atoms with E-state index in [9.17, 15) is 14.7 Å². The number of amides is 2. The number of piperazine rings is 1. The number of carbonyl (C=O) groups is 2. The second-order valence-electron chi connectivity index (χ2n) is 10.7. The van der Waals surface area contributed by atoms with E-state index in [1.165, 1.54) is 6.20 Å². The third kappa shape index (κ3) is 5.22. The Balaban J connectivity index is 1.35. The van der Waals surface area contributed by atoms with Crippen LogP contribution in [0.2, 0.25) is 0 Å². The number of aliphatic hydroxyl groups excluding tert-OH is 1. The van der Waals surface area contributed by atoms with Crippen LogP contribution in [-0.4, -0.2) is 74.7 Å². The third-order valence-electron chi connectivity index (χ3n) is 7.22. The SMILES string of the molecule is Cc1ccc2c(c1)c(C(=O)N1CCN(c3cnc(C(=O)NC(C)(C)CO)cn3)CC1)c(-c1ccccc1)n2C. The van der Waals surface area contributed by atoms with E-state index < -0.39 is 5.54 Å². The molecule has 0 bridgehead atoms. The summed E-state index contributed by atoms with van der Waals surface area (Å²) < 4.78 is 2.11. The van der Waals surface area contributed by atoms with Gasteiger partial charge in [-0.3, -0.25) is 9.59 Å². The van der Waals surface area contributed by atoms with E-state index in [0.29, 0.717) is 32.0 Å². The lowest BCUT2D eigenvalue weighted by molar-refractivity contribution is 0.0748. The van der Waals surface area contributed by atoms with Gasteiger partial charge in [0.05, 0.1) is 35.8 Å². The highest BCUT2D eigenvalue weighted by molar-refractivity contribution is 6.13. The van der Waals surface area contributed by atoms with Gasteiger partial charge in [-0.05, 0) is 38.5 Å². The number of aromatic nitrogens is 3. The molecule has 5 rings (SSSR count). The molecule has 2 amide bonds. The van der Waals surface area contributed by atoms with Crippen molar-refractivity contribution in [3.63, 3.8) is 0 Å². The minimum atomic E-state index is -0.747. The molecule has 0 atom stereocenters. The fraction of sp³-hybridized carbons (Fsp3) is 0.333. The molecule has 9 nitrogen and oxygen atoms in total. The highest BCUT2D eigenvalue weighted by Crippen LogP contribution is 2.35. The first-order valence-electron chi connectivity index (χ1n) is 13.1. The van der Waals surface area contributed by atoms with Crippen molar-refractivity contribution in [1.29, 1.82) is 0 Å². The Morgan fingerprint density at radius 1 is 1.00 bits per heavy atom. The van der Waals surface area contributed by atoms with Gasteiger partial charge in [-0.2, -0.15) is 0 Å². The average molecular weight is 527 g/mol. The van der Waals surface area contributed by atoms with Gasteiger partial charge in [-0.15, -0.1) is 0 Å². The molecule has 4 aromatic rings. The zero-order valence-electron chi connectivity index (χ0n) is 22.8. The maximum atomic E-state index is 14.0. The number of carbonyl (C=O) groups excluding carboxylic acids is 2. The van der Waals surface area contributed by atoms with Crippen molar-refractivity contribution in [2.45, 2.75) is 26.3 Å². The lowest BCUT2D eigenvalue weighted by atomic mass is 10.0. The number of nitrogens with one attached hydrogen (secondary N) is 1. The normalized spacial score (nSPS) is 14.1. The summed E-state index contributed by atoms with van der Waals surface area (Å²) >= 11 is 0. The second kappa shape index (κ2) is 10.5. The quantitative estimate of drug-likeness (QED) is 0.399. The van der Waals surface area contributed by atoms with Gasteiger partial charge in [0.1, 0.15) is 11.5 Å². The van der Waals surface area contributed by atoms with E-state index in [4.69, 9.17) is 0 Å². The minimum absolute atomic E-state index is 0.0225. The lowest BCUT2D eigenvalue weighted by Crippen LogP contribution is -2.49. The number of hydrogen-bond donors (Lipinski definition) is 2. The van der Waals surface area contributed by atoms with Crippen molar-refractivity contribution in [2.24, 2.45) is 7.05 Å². The van der Waals surface area contributed by atoms with Crippen LogP contribution in [-0.2, 0) is 7.05 Å². The first-order valence-corrected chi connectivity index (χ1v) is 13.1. The van der Waals surface area contributed by atoms with Gasteiger partial charge in [0.25, 0.3) is 11.8 Å². The molecular formula is C30H34N6O3. The first-order chi connectivity index (χ1) is 18.7. The van der Waals surface area contributed by atoms with Crippen molar-refractivity contribution in [3.05, 3.63) is 77.7 Å². The zero-order valence-corrected chi connectivity index (χ0v) is 22.8. The Bertz CT molecular complexity index is 1500. The van der Waals surface area contributed by atoms with E-state index in [1.54, 1.807) is 20.0 Å². The summed E-state index contributed by atoms with van der Waals surface area (Å²) in [5.41, 5.74) is 4.25. The van der Waals surface area contributed by atoms with Crippen molar-refractivity contribution in [1.82, 2.24) is 24.8 Å². The maximum Gasteiger partial charge on any atom is 0.271 e. The van der Waals surface area contributed by atoms with E-state index >= 15 is 0 Å². The van der Waals surface area contributed by atoms with Gasteiger partial charge >= 0.3 is 0 Å². The largest absolute Gasteiger partial charge is 0.394 e. The van der Waals surface area contributed by atoms with Crippen LogP contribution < -0.4 is 10.2 Å². The van der Waals surface area contributed by atoms with Crippen LogP contribution in [0.15, 0.2) is 60.9 Å². The van der Waals surface area contributed by atoms with Crippen molar-refractivity contribution < 1.29 is 14.7 Å². The number of hydrogen-bond acceptors (Lipinski definition) is 6. The molecule has 9 heteroatoms. The lowest BCUT2D eigenvalue weighted by Gasteiger charge is -2.35. The Kier molecular flexibility index (Phi) is 7.10. The molecule has 0 unspecified atom stereocenters. The van der Waals surface area contributed by atoms with Crippen LogP contribution in [0, 0.1) is 6.92 Å². The number of benzene rings is 2. The standard InChI is InChI=1S/C30H34N6O3/c1-20-10-11-24-22(16-20)26(27(34(24)4)21-8-6-5-7-9-21)29(39)36-14-12-35(13-15-36)25-18-31-23(17-32-25)28(38)33-30(2,3)19-37/h5-11,16-18,37H,12-15,19H2,1-4H3,(H,33,38). The molecule has 1 aliphatic heterocycles. The number of rotatable bonds is 6. The number of fused-ring (bicyclic) bond motifs is 1.